The van der Waals surface area contributed by atoms with Gasteiger partial charge in [0.2, 0.25) is 5.95 Å². The Morgan fingerprint density at radius 3 is 2.68 bits per heavy atom. The minimum absolute atomic E-state index is 0.0645. The fourth-order valence-corrected chi connectivity index (χ4v) is 3.91. The highest BCUT2D eigenvalue weighted by atomic mass is 19.1. The summed E-state index contributed by atoms with van der Waals surface area (Å²) in [4.78, 5) is 25.2. The second kappa shape index (κ2) is 7.95. The molecule has 6 nitrogen and oxygen atoms in total. The lowest BCUT2D eigenvalue weighted by molar-refractivity contribution is 0.146. The molecule has 2 fully saturated rings. The van der Waals surface area contributed by atoms with Gasteiger partial charge in [0, 0.05) is 31.6 Å². The fraction of sp³-hybridized carbons (Fsp3) is 0.381. The number of hydrogen-bond donors (Lipinski definition) is 0. The number of benzene rings is 1. The number of anilines is 1. The number of urea groups is 1. The number of rotatable bonds is 4. The summed E-state index contributed by atoms with van der Waals surface area (Å²) in [7, 11) is 1.64. The fourth-order valence-electron chi connectivity index (χ4n) is 3.91. The summed E-state index contributed by atoms with van der Waals surface area (Å²) >= 11 is 0. The van der Waals surface area contributed by atoms with E-state index in [1.807, 2.05) is 4.90 Å². The number of carbonyl (C=O) groups excluding carboxylic acids is 1. The summed E-state index contributed by atoms with van der Waals surface area (Å²) in [5, 5.41) is 0. The normalized spacial score (nSPS) is 20.9. The van der Waals surface area contributed by atoms with Gasteiger partial charge in [-0.05, 0) is 37.5 Å². The molecule has 2 amide bonds. The molecule has 0 bridgehead atoms. The largest absolute Gasteiger partial charge is 0.383 e. The molecule has 0 N–H and O–H groups in total. The Morgan fingerprint density at radius 1 is 1.18 bits per heavy atom. The van der Waals surface area contributed by atoms with E-state index in [9.17, 15) is 9.18 Å². The molecule has 0 spiro atoms. The minimum Gasteiger partial charge on any atom is -0.383 e. The third kappa shape index (κ3) is 3.56. The van der Waals surface area contributed by atoms with Gasteiger partial charge in [-0.25, -0.2) is 19.2 Å². The summed E-state index contributed by atoms with van der Waals surface area (Å²) in [6, 6.07) is 6.34. The molecule has 1 aliphatic carbocycles. The Hall–Kier alpha value is -2.98. The number of fused-ring (bicyclic) bond motifs is 1. The molecule has 4 rings (SSSR count). The molecule has 2 heterocycles. The van der Waals surface area contributed by atoms with Gasteiger partial charge in [0.05, 0.1) is 24.3 Å². The first-order valence-corrected chi connectivity index (χ1v) is 9.36. The molecule has 2 aromatic rings. The number of carbonyl (C=O) groups is 1. The summed E-state index contributed by atoms with van der Waals surface area (Å²) < 4.78 is 18.4. The first-order valence-electron chi connectivity index (χ1n) is 9.36. The first-order chi connectivity index (χ1) is 13.7. The SMILES string of the molecule is COCCN1C(=O)N(c2ncc(C#Cc3cccc(F)c3)cn2)[C@@H]2CCC[C@@H]21. The van der Waals surface area contributed by atoms with Gasteiger partial charge in [0.1, 0.15) is 5.82 Å². The van der Waals surface area contributed by atoms with Crippen LogP contribution in [0.5, 0.6) is 0 Å². The van der Waals surface area contributed by atoms with Crippen LogP contribution < -0.4 is 4.90 Å². The molecule has 7 heteroatoms. The number of ether oxygens (including phenoxy) is 1. The van der Waals surface area contributed by atoms with Crippen LogP contribution >= 0.6 is 0 Å². The van der Waals surface area contributed by atoms with Crippen LogP contribution in [0.15, 0.2) is 36.7 Å². The Kier molecular flexibility index (Phi) is 5.22. The lowest BCUT2D eigenvalue weighted by Crippen LogP contribution is -2.37. The predicted octanol–water partition coefficient (Wildman–Crippen LogP) is 2.83. The average Bonchev–Trinajstić information content (AvgIpc) is 3.26. The average molecular weight is 380 g/mol. The summed E-state index contributed by atoms with van der Waals surface area (Å²) in [6.07, 6.45) is 6.23. The van der Waals surface area contributed by atoms with E-state index in [0.29, 0.717) is 30.2 Å². The highest BCUT2D eigenvalue weighted by Crippen LogP contribution is 2.36. The van der Waals surface area contributed by atoms with E-state index < -0.39 is 0 Å². The zero-order valence-corrected chi connectivity index (χ0v) is 15.6. The van der Waals surface area contributed by atoms with Crippen molar-refractivity contribution in [2.75, 3.05) is 25.2 Å². The van der Waals surface area contributed by atoms with Crippen molar-refractivity contribution < 1.29 is 13.9 Å². The molecular formula is C21H21FN4O2. The molecule has 144 valence electrons. The Morgan fingerprint density at radius 2 is 1.93 bits per heavy atom. The van der Waals surface area contributed by atoms with E-state index in [2.05, 4.69) is 21.8 Å². The summed E-state index contributed by atoms with van der Waals surface area (Å²) in [5.74, 6) is 5.90. The molecular weight excluding hydrogens is 359 g/mol. The topological polar surface area (TPSA) is 58.6 Å². The maximum Gasteiger partial charge on any atom is 0.327 e. The number of hydrogen-bond acceptors (Lipinski definition) is 4. The molecule has 1 saturated carbocycles. The van der Waals surface area contributed by atoms with Gasteiger partial charge in [-0.2, -0.15) is 0 Å². The molecule has 1 saturated heterocycles. The van der Waals surface area contributed by atoms with E-state index in [0.717, 1.165) is 19.3 Å². The van der Waals surface area contributed by atoms with E-state index in [1.54, 1.807) is 36.5 Å². The maximum absolute atomic E-state index is 13.2. The standard InChI is InChI=1S/C21H21FN4O2/c1-28-11-10-25-18-6-3-7-19(18)26(21(25)27)20-23-13-16(14-24-20)9-8-15-4-2-5-17(22)12-15/h2,4-5,12-14,18-19H,3,6-7,10-11H2,1H3/t18-,19+/m0/s1. The van der Waals surface area contributed by atoms with Crippen LogP contribution in [0.4, 0.5) is 15.1 Å². The van der Waals surface area contributed by atoms with Crippen molar-refractivity contribution in [3.8, 4) is 11.8 Å². The third-order valence-corrected chi connectivity index (χ3v) is 5.19. The van der Waals surface area contributed by atoms with Gasteiger partial charge in [-0.15, -0.1) is 0 Å². The second-order valence-electron chi connectivity index (χ2n) is 6.94. The zero-order chi connectivity index (χ0) is 19.5. The lowest BCUT2D eigenvalue weighted by atomic mass is 10.2. The minimum atomic E-state index is -0.324. The van der Waals surface area contributed by atoms with E-state index in [4.69, 9.17) is 4.74 Å². The van der Waals surface area contributed by atoms with E-state index >= 15 is 0 Å². The van der Waals surface area contributed by atoms with Crippen molar-refractivity contribution in [2.45, 2.75) is 31.3 Å². The summed E-state index contributed by atoms with van der Waals surface area (Å²) in [6.45, 7) is 1.09. The molecule has 0 radical (unpaired) electrons. The molecule has 1 aromatic carbocycles. The molecule has 0 unspecified atom stereocenters. The van der Waals surface area contributed by atoms with Crippen LogP contribution in [0.25, 0.3) is 0 Å². The van der Waals surface area contributed by atoms with Gasteiger partial charge < -0.3 is 9.64 Å². The number of halogens is 1. The van der Waals surface area contributed by atoms with Gasteiger partial charge in [0.15, 0.2) is 0 Å². The third-order valence-electron chi connectivity index (χ3n) is 5.19. The number of aromatic nitrogens is 2. The van der Waals surface area contributed by atoms with Crippen LogP contribution in [0.2, 0.25) is 0 Å². The second-order valence-corrected chi connectivity index (χ2v) is 6.94. The van der Waals surface area contributed by atoms with Gasteiger partial charge in [-0.3, -0.25) is 4.90 Å². The molecule has 1 aromatic heterocycles. The van der Waals surface area contributed by atoms with Gasteiger partial charge in [0.25, 0.3) is 0 Å². The van der Waals surface area contributed by atoms with Crippen LogP contribution in [0.3, 0.4) is 0 Å². The Labute approximate surface area is 163 Å². The van der Waals surface area contributed by atoms with Gasteiger partial charge in [-0.1, -0.05) is 17.9 Å². The number of nitrogens with zero attached hydrogens (tertiary/aromatic N) is 4. The molecule has 28 heavy (non-hydrogen) atoms. The van der Waals surface area contributed by atoms with Crippen LogP contribution in [-0.4, -0.2) is 53.2 Å². The van der Waals surface area contributed by atoms with Crippen molar-refractivity contribution in [3.05, 3.63) is 53.6 Å². The van der Waals surface area contributed by atoms with Gasteiger partial charge >= 0.3 is 6.03 Å². The monoisotopic (exact) mass is 380 g/mol. The van der Waals surface area contributed by atoms with Crippen LogP contribution in [0, 0.1) is 17.7 Å². The number of amides is 2. The number of methoxy groups -OCH3 is 1. The van der Waals surface area contributed by atoms with E-state index in [1.165, 1.54) is 12.1 Å². The Balaban J connectivity index is 1.53. The Bertz CT molecular complexity index is 922. The quantitative estimate of drug-likeness (QED) is 0.766. The molecule has 2 aliphatic rings. The van der Waals surface area contributed by atoms with Crippen molar-refractivity contribution in [1.29, 1.82) is 0 Å². The van der Waals surface area contributed by atoms with Crippen molar-refractivity contribution >= 4 is 12.0 Å². The van der Waals surface area contributed by atoms with Crippen LogP contribution in [0.1, 0.15) is 30.4 Å². The highest BCUT2D eigenvalue weighted by Gasteiger charge is 2.49. The molecule has 2 atom stereocenters. The zero-order valence-electron chi connectivity index (χ0n) is 15.6. The van der Waals surface area contributed by atoms with Crippen molar-refractivity contribution in [2.24, 2.45) is 0 Å². The maximum atomic E-state index is 13.2. The lowest BCUT2D eigenvalue weighted by Gasteiger charge is -2.21. The predicted molar refractivity (Wildman–Crippen MR) is 102 cm³/mol. The smallest absolute Gasteiger partial charge is 0.327 e. The van der Waals surface area contributed by atoms with Crippen molar-refractivity contribution in [3.63, 3.8) is 0 Å². The molecule has 1 aliphatic heterocycles. The summed E-state index contributed by atoms with van der Waals surface area (Å²) in [5.41, 5.74) is 1.19. The van der Waals surface area contributed by atoms with Crippen molar-refractivity contribution in [1.82, 2.24) is 14.9 Å². The first kappa shape index (κ1) is 18.4. The highest BCUT2D eigenvalue weighted by molar-refractivity contribution is 5.94. The van der Waals surface area contributed by atoms with E-state index in [-0.39, 0.29) is 23.9 Å². The van der Waals surface area contributed by atoms with Crippen LogP contribution in [-0.2, 0) is 4.74 Å².